The van der Waals surface area contributed by atoms with Crippen molar-refractivity contribution in [3.05, 3.63) is 76.3 Å². The molecule has 2 aromatic heterocycles. The number of aryl methyl sites for hydroxylation is 1. The van der Waals surface area contributed by atoms with Gasteiger partial charge in [0.1, 0.15) is 16.9 Å². The van der Waals surface area contributed by atoms with Gasteiger partial charge in [-0.05, 0) is 49.6 Å². The lowest BCUT2D eigenvalue weighted by Crippen LogP contribution is -2.44. The fraction of sp³-hybridized carbons (Fsp3) is 0.273. The van der Waals surface area contributed by atoms with E-state index in [1.54, 1.807) is 38.4 Å². The Kier molecular flexibility index (Phi) is 4.99. The van der Waals surface area contributed by atoms with Crippen LogP contribution in [-0.2, 0) is 17.8 Å². The lowest BCUT2D eigenvalue weighted by molar-refractivity contribution is -0.131. The number of rotatable bonds is 6. The van der Waals surface area contributed by atoms with Crippen molar-refractivity contribution >= 4 is 17.6 Å². The summed E-state index contributed by atoms with van der Waals surface area (Å²) in [5, 5.41) is 2.80. The maximum Gasteiger partial charge on any atom is 0.325 e. The summed E-state index contributed by atoms with van der Waals surface area (Å²) in [4.78, 5) is 43.3. The number of nitrogens with one attached hydrogen (secondary N) is 1. The van der Waals surface area contributed by atoms with Crippen molar-refractivity contribution in [2.24, 2.45) is 0 Å². The van der Waals surface area contributed by atoms with Gasteiger partial charge in [0.15, 0.2) is 0 Å². The Morgan fingerprint density at radius 3 is 2.60 bits per heavy atom. The van der Waals surface area contributed by atoms with Crippen LogP contribution in [-0.4, -0.2) is 38.9 Å². The first-order valence-electron chi connectivity index (χ1n) is 9.64. The van der Waals surface area contributed by atoms with Crippen LogP contribution in [0.3, 0.4) is 0 Å². The highest BCUT2D eigenvalue weighted by atomic mass is 16.5. The van der Waals surface area contributed by atoms with Crippen molar-refractivity contribution in [3.63, 3.8) is 0 Å². The normalized spacial score (nSPS) is 18.7. The van der Waals surface area contributed by atoms with Gasteiger partial charge in [0.05, 0.1) is 19.3 Å². The van der Waals surface area contributed by atoms with Crippen LogP contribution >= 0.6 is 0 Å². The highest BCUT2D eigenvalue weighted by Gasteiger charge is 2.47. The lowest BCUT2D eigenvalue weighted by Gasteiger charge is -2.21. The van der Waals surface area contributed by atoms with Crippen molar-refractivity contribution in [3.8, 4) is 5.75 Å². The SMILES string of the molecule is COc1ccc(CC[C@@]2(C)NC(=O)N(Cc3cc(=O)n4ccccc4n3)C2=O)cc1. The third-order valence-corrected chi connectivity index (χ3v) is 5.36. The summed E-state index contributed by atoms with van der Waals surface area (Å²) < 4.78 is 6.57. The fourth-order valence-corrected chi connectivity index (χ4v) is 3.59. The van der Waals surface area contributed by atoms with Crippen LogP contribution in [0.2, 0.25) is 0 Å². The van der Waals surface area contributed by atoms with E-state index < -0.39 is 11.6 Å². The number of fused-ring (bicyclic) bond motifs is 1. The highest BCUT2D eigenvalue weighted by Crippen LogP contribution is 2.25. The number of carbonyl (C=O) groups excluding carboxylic acids is 2. The van der Waals surface area contributed by atoms with Crippen molar-refractivity contribution in [1.29, 1.82) is 0 Å². The minimum atomic E-state index is -1.01. The maximum absolute atomic E-state index is 13.0. The third-order valence-electron chi connectivity index (χ3n) is 5.36. The monoisotopic (exact) mass is 406 g/mol. The standard InChI is InChI=1S/C22H22N4O4/c1-22(11-10-15-6-8-17(30-2)9-7-15)20(28)26(21(29)24-22)14-16-13-19(27)25-12-4-3-5-18(25)23-16/h3-9,12-13H,10-11,14H2,1-2H3,(H,24,29)/t22-/m1/s1. The van der Waals surface area contributed by atoms with Gasteiger partial charge >= 0.3 is 6.03 Å². The molecular formula is C22H22N4O4. The molecule has 8 nitrogen and oxygen atoms in total. The number of amides is 3. The second-order valence-corrected chi connectivity index (χ2v) is 7.52. The molecule has 0 bridgehead atoms. The topological polar surface area (TPSA) is 93.0 Å². The molecule has 1 N–H and O–H groups in total. The van der Waals surface area contributed by atoms with E-state index >= 15 is 0 Å². The maximum atomic E-state index is 13.0. The number of pyridine rings is 1. The predicted octanol–water partition coefficient (Wildman–Crippen LogP) is 2.15. The number of benzene rings is 1. The lowest BCUT2D eigenvalue weighted by atomic mass is 9.93. The smallest absolute Gasteiger partial charge is 0.325 e. The van der Waals surface area contributed by atoms with Crippen LogP contribution in [0.4, 0.5) is 4.79 Å². The summed E-state index contributed by atoms with van der Waals surface area (Å²) in [5.41, 5.74) is 0.609. The number of hydrogen-bond acceptors (Lipinski definition) is 5. The summed E-state index contributed by atoms with van der Waals surface area (Å²) in [5.74, 6) is 0.441. The van der Waals surface area contributed by atoms with Crippen molar-refractivity contribution < 1.29 is 14.3 Å². The van der Waals surface area contributed by atoms with E-state index in [2.05, 4.69) is 10.3 Å². The number of imide groups is 1. The molecule has 3 aromatic rings. The minimum Gasteiger partial charge on any atom is -0.497 e. The van der Waals surface area contributed by atoms with Gasteiger partial charge in [0.25, 0.3) is 11.5 Å². The second-order valence-electron chi connectivity index (χ2n) is 7.52. The molecule has 0 spiro atoms. The summed E-state index contributed by atoms with van der Waals surface area (Å²) in [6.07, 6.45) is 2.70. The fourth-order valence-electron chi connectivity index (χ4n) is 3.59. The molecule has 8 heteroatoms. The quantitative estimate of drug-likeness (QED) is 0.633. The summed E-state index contributed by atoms with van der Waals surface area (Å²) in [7, 11) is 1.61. The zero-order valence-electron chi connectivity index (χ0n) is 16.8. The Bertz CT molecular complexity index is 1170. The molecule has 1 atom stereocenters. The van der Waals surface area contributed by atoms with Gasteiger partial charge in [-0.3, -0.25) is 18.9 Å². The molecule has 4 rings (SSSR count). The molecule has 1 saturated heterocycles. The van der Waals surface area contributed by atoms with Crippen LogP contribution in [0.25, 0.3) is 5.65 Å². The summed E-state index contributed by atoms with van der Waals surface area (Å²) in [6.45, 7) is 1.67. The number of carbonyl (C=O) groups is 2. The molecule has 1 fully saturated rings. The molecule has 1 aliphatic rings. The molecular weight excluding hydrogens is 384 g/mol. The van der Waals surface area contributed by atoms with E-state index in [1.807, 2.05) is 24.3 Å². The van der Waals surface area contributed by atoms with Crippen LogP contribution in [0.1, 0.15) is 24.6 Å². The molecule has 1 aliphatic heterocycles. The first-order chi connectivity index (χ1) is 14.4. The minimum absolute atomic E-state index is 0.0522. The van der Waals surface area contributed by atoms with E-state index in [-0.39, 0.29) is 18.0 Å². The summed E-state index contributed by atoms with van der Waals surface area (Å²) >= 11 is 0. The van der Waals surface area contributed by atoms with Gasteiger partial charge in [-0.15, -0.1) is 0 Å². The Morgan fingerprint density at radius 2 is 1.87 bits per heavy atom. The van der Waals surface area contributed by atoms with E-state index in [4.69, 9.17) is 4.74 Å². The van der Waals surface area contributed by atoms with E-state index in [0.717, 1.165) is 16.2 Å². The van der Waals surface area contributed by atoms with Gasteiger partial charge in [-0.2, -0.15) is 0 Å². The highest BCUT2D eigenvalue weighted by molar-refractivity contribution is 6.06. The molecule has 0 saturated carbocycles. The predicted molar refractivity (Wildman–Crippen MR) is 110 cm³/mol. The Labute approximate surface area is 173 Å². The molecule has 154 valence electrons. The molecule has 0 radical (unpaired) electrons. The Hall–Kier alpha value is -3.68. The third kappa shape index (κ3) is 3.63. The second kappa shape index (κ2) is 7.62. The van der Waals surface area contributed by atoms with Crippen molar-refractivity contribution in [2.75, 3.05) is 7.11 Å². The van der Waals surface area contributed by atoms with Crippen LogP contribution in [0.5, 0.6) is 5.75 Å². The number of nitrogens with zero attached hydrogens (tertiary/aromatic N) is 3. The summed E-state index contributed by atoms with van der Waals surface area (Å²) in [6, 6.07) is 13.7. The van der Waals surface area contributed by atoms with Gasteiger partial charge in [-0.1, -0.05) is 18.2 Å². The number of methoxy groups -OCH3 is 1. The zero-order valence-corrected chi connectivity index (χ0v) is 16.8. The molecule has 0 unspecified atom stereocenters. The van der Waals surface area contributed by atoms with Crippen molar-refractivity contribution in [2.45, 2.75) is 31.8 Å². The average Bonchev–Trinajstić information content (AvgIpc) is 2.96. The first kappa shape index (κ1) is 19.6. The van der Waals surface area contributed by atoms with E-state index in [0.29, 0.717) is 24.2 Å². The Morgan fingerprint density at radius 1 is 1.10 bits per heavy atom. The Balaban J connectivity index is 1.49. The number of ether oxygens (including phenoxy) is 1. The molecule has 3 heterocycles. The largest absolute Gasteiger partial charge is 0.497 e. The van der Waals surface area contributed by atoms with Gasteiger partial charge in [0, 0.05) is 12.3 Å². The number of hydrogen-bond donors (Lipinski definition) is 1. The molecule has 3 amide bonds. The molecule has 30 heavy (non-hydrogen) atoms. The number of aromatic nitrogens is 2. The van der Waals surface area contributed by atoms with Gasteiger partial charge in [-0.25, -0.2) is 9.78 Å². The molecule has 0 aliphatic carbocycles. The van der Waals surface area contributed by atoms with Crippen molar-refractivity contribution in [1.82, 2.24) is 19.6 Å². The van der Waals surface area contributed by atoms with E-state index in [9.17, 15) is 14.4 Å². The van der Waals surface area contributed by atoms with Gasteiger partial charge in [0.2, 0.25) is 0 Å². The van der Waals surface area contributed by atoms with Crippen LogP contribution in [0.15, 0.2) is 59.5 Å². The zero-order chi connectivity index (χ0) is 21.3. The van der Waals surface area contributed by atoms with Gasteiger partial charge < -0.3 is 10.1 Å². The van der Waals surface area contributed by atoms with E-state index in [1.165, 1.54) is 10.5 Å². The van der Waals surface area contributed by atoms with Crippen LogP contribution in [0, 0.1) is 0 Å². The number of urea groups is 1. The van der Waals surface area contributed by atoms with Crippen LogP contribution < -0.4 is 15.6 Å². The molecule has 1 aromatic carbocycles. The average molecular weight is 406 g/mol. The first-order valence-corrected chi connectivity index (χ1v) is 9.64.